The minimum absolute atomic E-state index is 0.127. The predicted octanol–water partition coefficient (Wildman–Crippen LogP) is 4.34. The van der Waals surface area contributed by atoms with Crippen LogP contribution in [0.2, 0.25) is 5.02 Å². The predicted molar refractivity (Wildman–Crippen MR) is 96.3 cm³/mol. The molecular weight excluding hydrogens is 332 g/mol. The second kappa shape index (κ2) is 8.04. The summed E-state index contributed by atoms with van der Waals surface area (Å²) in [7, 11) is 0. The van der Waals surface area contributed by atoms with Crippen molar-refractivity contribution in [3.05, 3.63) is 53.1 Å². The van der Waals surface area contributed by atoms with E-state index in [1.807, 2.05) is 37.3 Å². The molecule has 2 rings (SSSR count). The maximum absolute atomic E-state index is 12.1. The van der Waals surface area contributed by atoms with Crippen LogP contribution in [0.4, 0.5) is 11.4 Å². The molecular formula is C17H17ClN2O2S. The largest absolute Gasteiger partial charge is 0.325 e. The second-order valence-corrected chi connectivity index (χ2v) is 6.43. The van der Waals surface area contributed by atoms with Gasteiger partial charge in [-0.2, -0.15) is 0 Å². The molecule has 0 bridgehead atoms. The molecule has 0 saturated heterocycles. The normalized spacial score (nSPS) is 10.2. The van der Waals surface area contributed by atoms with E-state index >= 15 is 0 Å². The van der Waals surface area contributed by atoms with Gasteiger partial charge in [0.2, 0.25) is 11.8 Å². The summed E-state index contributed by atoms with van der Waals surface area (Å²) in [6.07, 6.45) is 0. The lowest BCUT2D eigenvalue weighted by molar-refractivity contribution is -0.114. The van der Waals surface area contributed by atoms with Crippen molar-refractivity contribution in [3.8, 4) is 0 Å². The van der Waals surface area contributed by atoms with E-state index in [0.29, 0.717) is 16.4 Å². The zero-order valence-electron chi connectivity index (χ0n) is 12.9. The molecule has 4 nitrogen and oxygen atoms in total. The molecule has 0 fully saturated rings. The SMILES string of the molecule is CC(=O)Nc1ccccc1SCC(=O)Nc1cc(Cl)ccc1C. The fourth-order valence-electron chi connectivity index (χ4n) is 1.94. The number of hydrogen-bond acceptors (Lipinski definition) is 3. The van der Waals surface area contributed by atoms with Crippen LogP contribution in [-0.2, 0) is 9.59 Å². The van der Waals surface area contributed by atoms with Crippen LogP contribution >= 0.6 is 23.4 Å². The minimum atomic E-state index is -0.142. The maximum Gasteiger partial charge on any atom is 0.234 e. The number of anilines is 2. The van der Waals surface area contributed by atoms with Gasteiger partial charge in [-0.05, 0) is 36.8 Å². The van der Waals surface area contributed by atoms with Crippen molar-refractivity contribution < 1.29 is 9.59 Å². The number of para-hydroxylation sites is 1. The average Bonchev–Trinajstić information content (AvgIpc) is 2.49. The van der Waals surface area contributed by atoms with Crippen LogP contribution in [0, 0.1) is 6.92 Å². The van der Waals surface area contributed by atoms with Crippen molar-refractivity contribution in [1.29, 1.82) is 0 Å². The number of amides is 2. The molecule has 0 radical (unpaired) electrons. The minimum Gasteiger partial charge on any atom is -0.325 e. The van der Waals surface area contributed by atoms with E-state index in [9.17, 15) is 9.59 Å². The molecule has 0 spiro atoms. The van der Waals surface area contributed by atoms with Crippen LogP contribution in [0.25, 0.3) is 0 Å². The lowest BCUT2D eigenvalue weighted by atomic mass is 10.2. The first-order valence-corrected chi connectivity index (χ1v) is 8.37. The van der Waals surface area contributed by atoms with Gasteiger partial charge < -0.3 is 10.6 Å². The number of thioether (sulfide) groups is 1. The van der Waals surface area contributed by atoms with Crippen LogP contribution in [0.15, 0.2) is 47.4 Å². The highest BCUT2D eigenvalue weighted by Gasteiger charge is 2.09. The van der Waals surface area contributed by atoms with Gasteiger partial charge in [0.25, 0.3) is 0 Å². The number of halogens is 1. The van der Waals surface area contributed by atoms with Crippen LogP contribution in [-0.4, -0.2) is 17.6 Å². The maximum atomic E-state index is 12.1. The lowest BCUT2D eigenvalue weighted by Crippen LogP contribution is -2.15. The van der Waals surface area contributed by atoms with Crippen molar-refractivity contribution in [2.24, 2.45) is 0 Å². The number of rotatable bonds is 5. The fourth-order valence-corrected chi connectivity index (χ4v) is 2.92. The monoisotopic (exact) mass is 348 g/mol. The highest BCUT2D eigenvalue weighted by Crippen LogP contribution is 2.27. The molecule has 0 heterocycles. The van der Waals surface area contributed by atoms with E-state index in [1.54, 1.807) is 12.1 Å². The van der Waals surface area contributed by atoms with Gasteiger partial charge in [0.1, 0.15) is 0 Å². The number of carbonyl (C=O) groups is 2. The van der Waals surface area contributed by atoms with Gasteiger partial charge in [-0.3, -0.25) is 9.59 Å². The lowest BCUT2D eigenvalue weighted by Gasteiger charge is -2.11. The quantitative estimate of drug-likeness (QED) is 0.790. The van der Waals surface area contributed by atoms with Crippen LogP contribution < -0.4 is 10.6 Å². The summed E-state index contributed by atoms with van der Waals surface area (Å²) in [6.45, 7) is 3.36. The van der Waals surface area contributed by atoms with Gasteiger partial charge in [0.05, 0.1) is 11.4 Å². The molecule has 23 heavy (non-hydrogen) atoms. The highest BCUT2D eigenvalue weighted by atomic mass is 35.5. The molecule has 0 atom stereocenters. The Bertz CT molecular complexity index is 734. The van der Waals surface area contributed by atoms with Crippen molar-refractivity contribution in [2.45, 2.75) is 18.7 Å². The zero-order valence-corrected chi connectivity index (χ0v) is 14.4. The summed E-state index contributed by atoms with van der Waals surface area (Å²) in [5, 5.41) is 6.18. The molecule has 0 aliphatic rings. The summed E-state index contributed by atoms with van der Waals surface area (Å²) in [5.41, 5.74) is 2.36. The Kier molecular flexibility index (Phi) is 6.07. The van der Waals surface area contributed by atoms with Gasteiger partial charge in [0, 0.05) is 22.5 Å². The molecule has 0 unspecified atom stereocenters. The molecule has 0 aliphatic carbocycles. The van der Waals surface area contributed by atoms with Crippen molar-refractivity contribution >= 4 is 46.6 Å². The first kappa shape index (κ1) is 17.4. The number of nitrogens with one attached hydrogen (secondary N) is 2. The van der Waals surface area contributed by atoms with Crippen molar-refractivity contribution in [3.63, 3.8) is 0 Å². The fraction of sp³-hybridized carbons (Fsp3) is 0.176. The molecule has 2 aromatic rings. The first-order chi connectivity index (χ1) is 11.0. The standard InChI is InChI=1S/C17H17ClN2O2S/c1-11-7-8-13(18)9-15(11)20-17(22)10-23-16-6-4-3-5-14(16)19-12(2)21/h3-9H,10H2,1-2H3,(H,19,21)(H,20,22). The van der Waals surface area contributed by atoms with E-state index in [2.05, 4.69) is 10.6 Å². The van der Waals surface area contributed by atoms with Crippen LogP contribution in [0.3, 0.4) is 0 Å². The number of aryl methyl sites for hydroxylation is 1. The summed E-state index contributed by atoms with van der Waals surface area (Å²) in [6, 6.07) is 12.8. The Morgan fingerprint density at radius 2 is 1.83 bits per heavy atom. The number of carbonyl (C=O) groups excluding carboxylic acids is 2. The van der Waals surface area contributed by atoms with Crippen molar-refractivity contribution in [1.82, 2.24) is 0 Å². The summed E-state index contributed by atoms with van der Waals surface area (Å²) < 4.78 is 0. The Morgan fingerprint density at radius 1 is 1.09 bits per heavy atom. The molecule has 2 aromatic carbocycles. The summed E-state index contributed by atoms with van der Waals surface area (Å²) in [5.74, 6) is -0.0298. The Morgan fingerprint density at radius 3 is 2.57 bits per heavy atom. The van der Waals surface area contributed by atoms with Gasteiger partial charge in [-0.15, -0.1) is 11.8 Å². The third-order valence-corrected chi connectivity index (χ3v) is 4.34. The van der Waals surface area contributed by atoms with E-state index in [-0.39, 0.29) is 17.6 Å². The van der Waals surface area contributed by atoms with Gasteiger partial charge in [-0.1, -0.05) is 29.8 Å². The molecule has 0 aliphatic heterocycles. The van der Waals surface area contributed by atoms with Gasteiger partial charge >= 0.3 is 0 Å². The summed E-state index contributed by atoms with van der Waals surface area (Å²) in [4.78, 5) is 24.2. The third-order valence-electron chi connectivity index (χ3n) is 3.03. The third kappa shape index (κ3) is 5.30. The number of benzene rings is 2. The Labute approximate surface area is 144 Å². The highest BCUT2D eigenvalue weighted by molar-refractivity contribution is 8.00. The van der Waals surface area contributed by atoms with E-state index in [0.717, 1.165) is 10.5 Å². The summed E-state index contributed by atoms with van der Waals surface area (Å²) >= 11 is 7.31. The Balaban J connectivity index is 1.99. The van der Waals surface area contributed by atoms with Gasteiger partial charge in [-0.25, -0.2) is 0 Å². The molecule has 6 heteroatoms. The van der Waals surface area contributed by atoms with Crippen LogP contribution in [0.1, 0.15) is 12.5 Å². The number of hydrogen-bond donors (Lipinski definition) is 2. The second-order valence-electron chi connectivity index (χ2n) is 4.97. The molecule has 0 aromatic heterocycles. The van der Waals surface area contributed by atoms with Crippen LogP contribution in [0.5, 0.6) is 0 Å². The molecule has 0 saturated carbocycles. The molecule has 2 amide bonds. The van der Waals surface area contributed by atoms with E-state index in [4.69, 9.17) is 11.6 Å². The van der Waals surface area contributed by atoms with Gasteiger partial charge in [0.15, 0.2) is 0 Å². The molecule has 2 N–H and O–H groups in total. The topological polar surface area (TPSA) is 58.2 Å². The smallest absolute Gasteiger partial charge is 0.234 e. The van der Waals surface area contributed by atoms with E-state index in [1.165, 1.54) is 18.7 Å². The van der Waals surface area contributed by atoms with E-state index < -0.39 is 0 Å². The first-order valence-electron chi connectivity index (χ1n) is 7.01. The zero-order chi connectivity index (χ0) is 16.8. The average molecular weight is 349 g/mol. The Hall–Kier alpha value is -1.98. The van der Waals surface area contributed by atoms with Crippen molar-refractivity contribution in [2.75, 3.05) is 16.4 Å². The molecule has 120 valence electrons.